The predicted molar refractivity (Wildman–Crippen MR) is 72.0 cm³/mol. The fourth-order valence-corrected chi connectivity index (χ4v) is 2.07. The average molecular weight is 261 g/mol. The maximum absolute atomic E-state index is 11.5. The number of rotatable bonds is 3. The molecule has 0 aliphatic carbocycles. The van der Waals surface area contributed by atoms with Crippen molar-refractivity contribution in [3.05, 3.63) is 70.2 Å². The van der Waals surface area contributed by atoms with Crippen LogP contribution in [0, 0.1) is 0 Å². The average Bonchev–Trinajstić information content (AvgIpc) is 2.41. The fraction of sp³-hybridized carbons (Fsp3) is 0.133. The summed E-state index contributed by atoms with van der Waals surface area (Å²) in [5, 5.41) is 0.466. The second-order valence-electron chi connectivity index (χ2n) is 3.93. The van der Waals surface area contributed by atoms with Gasteiger partial charge in [-0.25, -0.2) is 4.79 Å². The summed E-state index contributed by atoms with van der Waals surface area (Å²) in [5.41, 5.74) is 2.49. The molecule has 2 nitrogen and oxygen atoms in total. The first-order valence-electron chi connectivity index (χ1n) is 5.62. The van der Waals surface area contributed by atoms with E-state index in [9.17, 15) is 4.79 Å². The number of carbonyl (C=O) groups is 1. The molecule has 92 valence electrons. The highest BCUT2D eigenvalue weighted by Crippen LogP contribution is 2.24. The molecule has 0 unspecified atom stereocenters. The molecule has 2 aromatic rings. The molecule has 0 N–H and O–H groups in total. The summed E-state index contributed by atoms with van der Waals surface area (Å²) >= 11 is 6.23. The largest absolute Gasteiger partial charge is 0.465 e. The molecule has 0 heterocycles. The molecule has 0 saturated carbocycles. The van der Waals surface area contributed by atoms with Crippen LogP contribution in [0.1, 0.15) is 21.5 Å². The summed E-state index contributed by atoms with van der Waals surface area (Å²) in [6.45, 7) is 0. The molecule has 2 rings (SSSR count). The van der Waals surface area contributed by atoms with Gasteiger partial charge in [-0.15, -0.1) is 0 Å². The maximum Gasteiger partial charge on any atom is 0.339 e. The lowest BCUT2D eigenvalue weighted by molar-refractivity contribution is 0.0601. The van der Waals surface area contributed by atoms with Crippen molar-refractivity contribution in [1.82, 2.24) is 0 Å². The second kappa shape index (κ2) is 5.69. The molecule has 0 aromatic heterocycles. The maximum atomic E-state index is 11.5. The molecule has 0 aliphatic heterocycles. The van der Waals surface area contributed by atoms with E-state index < -0.39 is 5.97 Å². The minimum atomic E-state index is -0.407. The number of methoxy groups -OCH3 is 1. The molecule has 0 aliphatic rings. The summed E-state index contributed by atoms with van der Waals surface area (Å²) < 4.78 is 4.70. The van der Waals surface area contributed by atoms with Gasteiger partial charge in [0.2, 0.25) is 0 Å². The van der Waals surface area contributed by atoms with Crippen LogP contribution < -0.4 is 0 Å². The van der Waals surface area contributed by atoms with Crippen molar-refractivity contribution >= 4 is 17.6 Å². The molecule has 0 fully saturated rings. The summed E-state index contributed by atoms with van der Waals surface area (Å²) in [6, 6.07) is 15.4. The van der Waals surface area contributed by atoms with Gasteiger partial charge in [0.25, 0.3) is 0 Å². The molecular formula is C15H13ClO2. The molecule has 0 spiro atoms. The van der Waals surface area contributed by atoms with Crippen molar-refractivity contribution in [2.24, 2.45) is 0 Å². The predicted octanol–water partition coefficient (Wildman–Crippen LogP) is 3.72. The Labute approximate surface area is 111 Å². The van der Waals surface area contributed by atoms with E-state index >= 15 is 0 Å². The summed E-state index contributed by atoms with van der Waals surface area (Å²) in [7, 11) is 1.35. The molecule has 0 amide bonds. The first kappa shape index (κ1) is 12.7. The van der Waals surface area contributed by atoms with Gasteiger partial charge in [-0.1, -0.05) is 54.1 Å². The Kier molecular flexibility index (Phi) is 4.00. The molecule has 0 bridgehead atoms. The van der Waals surface area contributed by atoms with E-state index in [0.717, 1.165) is 11.1 Å². The van der Waals surface area contributed by atoms with Crippen LogP contribution in [0.15, 0.2) is 48.5 Å². The third kappa shape index (κ3) is 2.71. The van der Waals surface area contributed by atoms with E-state index in [1.165, 1.54) is 7.11 Å². The number of carbonyl (C=O) groups excluding carboxylic acids is 1. The lowest BCUT2D eigenvalue weighted by Gasteiger charge is -2.08. The quantitative estimate of drug-likeness (QED) is 0.787. The van der Waals surface area contributed by atoms with Crippen LogP contribution in [-0.4, -0.2) is 13.1 Å². The highest BCUT2D eigenvalue weighted by Gasteiger charge is 2.13. The number of halogens is 1. The number of benzene rings is 2. The zero-order chi connectivity index (χ0) is 13.0. The Bertz CT molecular complexity index is 550. The van der Waals surface area contributed by atoms with Gasteiger partial charge in [0.1, 0.15) is 0 Å². The number of ether oxygens (including phenoxy) is 1. The third-order valence-corrected chi connectivity index (χ3v) is 3.17. The van der Waals surface area contributed by atoms with Crippen molar-refractivity contribution < 1.29 is 9.53 Å². The van der Waals surface area contributed by atoms with Crippen molar-refractivity contribution in [1.29, 1.82) is 0 Å². The van der Waals surface area contributed by atoms with Crippen molar-refractivity contribution in [3.63, 3.8) is 0 Å². The van der Waals surface area contributed by atoms with E-state index in [4.69, 9.17) is 16.3 Å². The molecule has 2 aromatic carbocycles. The third-order valence-electron chi connectivity index (χ3n) is 2.72. The minimum absolute atomic E-state index is 0.407. The van der Waals surface area contributed by atoms with Crippen molar-refractivity contribution in [2.45, 2.75) is 6.42 Å². The van der Waals surface area contributed by atoms with Crippen LogP contribution in [0.25, 0.3) is 0 Å². The van der Waals surface area contributed by atoms with E-state index in [0.29, 0.717) is 17.0 Å². The monoisotopic (exact) mass is 260 g/mol. The molecular weight excluding hydrogens is 248 g/mol. The van der Waals surface area contributed by atoms with Gasteiger partial charge in [-0.2, -0.15) is 0 Å². The van der Waals surface area contributed by atoms with Gasteiger partial charge < -0.3 is 4.74 Å². The van der Waals surface area contributed by atoms with E-state index in [1.807, 2.05) is 42.5 Å². The van der Waals surface area contributed by atoms with Gasteiger partial charge in [-0.05, 0) is 23.6 Å². The van der Waals surface area contributed by atoms with Crippen molar-refractivity contribution in [3.8, 4) is 0 Å². The zero-order valence-electron chi connectivity index (χ0n) is 10.0. The summed E-state index contributed by atoms with van der Waals surface area (Å²) in [6.07, 6.45) is 0.699. The highest BCUT2D eigenvalue weighted by atomic mass is 35.5. The first-order valence-corrected chi connectivity index (χ1v) is 6.00. The summed E-state index contributed by atoms with van der Waals surface area (Å²) in [4.78, 5) is 11.5. The van der Waals surface area contributed by atoms with Gasteiger partial charge in [0.05, 0.1) is 17.7 Å². The van der Waals surface area contributed by atoms with Crippen LogP contribution in [0.5, 0.6) is 0 Å². The molecule has 0 radical (unpaired) electrons. The molecule has 18 heavy (non-hydrogen) atoms. The summed E-state index contributed by atoms with van der Waals surface area (Å²) in [5.74, 6) is -0.407. The minimum Gasteiger partial charge on any atom is -0.465 e. The Morgan fingerprint density at radius 3 is 2.50 bits per heavy atom. The van der Waals surface area contributed by atoms with Crippen LogP contribution in [0.4, 0.5) is 0 Å². The second-order valence-corrected chi connectivity index (χ2v) is 4.31. The lowest BCUT2D eigenvalue weighted by atomic mass is 10.0. The van der Waals surface area contributed by atoms with Crippen LogP contribution in [0.2, 0.25) is 5.02 Å². The number of hydrogen-bond donors (Lipinski definition) is 0. The van der Waals surface area contributed by atoms with E-state index in [-0.39, 0.29) is 0 Å². The van der Waals surface area contributed by atoms with Gasteiger partial charge in [0, 0.05) is 0 Å². The Balaban J connectivity index is 2.32. The van der Waals surface area contributed by atoms with E-state index in [2.05, 4.69) is 0 Å². The number of esters is 1. The molecule has 0 atom stereocenters. The topological polar surface area (TPSA) is 26.3 Å². The number of hydrogen-bond acceptors (Lipinski definition) is 2. The lowest BCUT2D eigenvalue weighted by Crippen LogP contribution is -2.03. The standard InChI is InChI=1S/C15H13ClO2/c1-18-15(17)13-9-5-8-12(14(13)16)10-11-6-3-2-4-7-11/h2-9H,10H2,1H3. The van der Waals surface area contributed by atoms with Gasteiger partial charge in [0.15, 0.2) is 0 Å². The van der Waals surface area contributed by atoms with Crippen LogP contribution >= 0.6 is 11.6 Å². The SMILES string of the molecule is COC(=O)c1cccc(Cc2ccccc2)c1Cl. The van der Waals surface area contributed by atoms with Gasteiger partial charge in [-0.3, -0.25) is 0 Å². The Morgan fingerprint density at radius 1 is 1.11 bits per heavy atom. The molecule has 0 saturated heterocycles. The first-order chi connectivity index (χ1) is 8.72. The fourth-order valence-electron chi connectivity index (χ4n) is 1.80. The zero-order valence-corrected chi connectivity index (χ0v) is 10.8. The van der Waals surface area contributed by atoms with Crippen molar-refractivity contribution in [2.75, 3.05) is 7.11 Å². The molecule has 3 heteroatoms. The normalized spacial score (nSPS) is 10.1. The Morgan fingerprint density at radius 2 is 1.83 bits per heavy atom. The highest BCUT2D eigenvalue weighted by molar-refractivity contribution is 6.34. The van der Waals surface area contributed by atoms with Crippen LogP contribution in [-0.2, 0) is 11.2 Å². The Hall–Kier alpha value is -1.80. The van der Waals surface area contributed by atoms with Crippen LogP contribution in [0.3, 0.4) is 0 Å². The smallest absolute Gasteiger partial charge is 0.339 e. The van der Waals surface area contributed by atoms with Gasteiger partial charge >= 0.3 is 5.97 Å². The van der Waals surface area contributed by atoms with E-state index in [1.54, 1.807) is 6.07 Å².